The van der Waals surface area contributed by atoms with Crippen LogP contribution in [0, 0.1) is 0 Å². The number of unbranched alkanes of at least 4 members (excludes halogenated alkanes) is 1. The van der Waals surface area contributed by atoms with Gasteiger partial charge in [0, 0.05) is 23.7 Å². The van der Waals surface area contributed by atoms with Crippen LogP contribution in [-0.2, 0) is 10.1 Å². The summed E-state index contributed by atoms with van der Waals surface area (Å²) < 4.78 is 31.4. The number of aromatic hydroxyl groups is 1. The number of nitrogens with one attached hydrogen (secondary N) is 1. The molecular weight excluding hydrogens is 278 g/mol. The van der Waals surface area contributed by atoms with Crippen molar-refractivity contribution < 1.29 is 18.1 Å². The van der Waals surface area contributed by atoms with Crippen molar-refractivity contribution in [2.24, 2.45) is 0 Å². The van der Waals surface area contributed by atoms with E-state index in [1.807, 2.05) is 6.07 Å². The monoisotopic (exact) mass is 295 g/mol. The van der Waals surface area contributed by atoms with Gasteiger partial charge in [0.15, 0.2) is 0 Å². The van der Waals surface area contributed by atoms with Crippen molar-refractivity contribution in [3.63, 3.8) is 0 Å². The molecule has 0 radical (unpaired) electrons. The quantitative estimate of drug-likeness (QED) is 0.583. The third kappa shape index (κ3) is 3.20. The zero-order valence-electron chi connectivity index (χ0n) is 11.1. The Morgan fingerprint density at radius 2 is 1.95 bits per heavy atom. The average molecular weight is 295 g/mol. The number of hydrogen-bond donors (Lipinski definition) is 3. The van der Waals surface area contributed by atoms with Crippen LogP contribution in [0.5, 0.6) is 5.75 Å². The fourth-order valence-electron chi connectivity index (χ4n) is 1.99. The summed E-state index contributed by atoms with van der Waals surface area (Å²) in [6.45, 7) is 2.92. The molecular formula is C14H17NO4S. The minimum absolute atomic E-state index is 0.171. The van der Waals surface area contributed by atoms with E-state index in [4.69, 9.17) is 4.55 Å². The van der Waals surface area contributed by atoms with Crippen LogP contribution < -0.4 is 5.32 Å². The number of hydrogen-bond acceptors (Lipinski definition) is 4. The van der Waals surface area contributed by atoms with Gasteiger partial charge in [-0.3, -0.25) is 4.55 Å². The number of rotatable bonds is 5. The van der Waals surface area contributed by atoms with Crippen molar-refractivity contribution in [3.05, 3.63) is 30.3 Å². The smallest absolute Gasteiger partial charge is 0.294 e. The van der Waals surface area contributed by atoms with Gasteiger partial charge in [0.05, 0.1) is 4.90 Å². The number of anilines is 1. The van der Waals surface area contributed by atoms with Crippen molar-refractivity contribution in [1.29, 1.82) is 0 Å². The number of phenols is 1. The molecule has 2 aromatic rings. The molecule has 0 saturated heterocycles. The Kier molecular flexibility index (Phi) is 4.15. The van der Waals surface area contributed by atoms with E-state index in [2.05, 4.69) is 12.2 Å². The normalized spacial score (nSPS) is 11.7. The van der Waals surface area contributed by atoms with Gasteiger partial charge in [-0.2, -0.15) is 8.42 Å². The molecule has 2 aromatic carbocycles. The van der Waals surface area contributed by atoms with Gasteiger partial charge < -0.3 is 10.4 Å². The molecule has 0 unspecified atom stereocenters. The second-order valence-electron chi connectivity index (χ2n) is 4.63. The summed E-state index contributed by atoms with van der Waals surface area (Å²) in [6, 6.07) is 7.67. The third-order valence-corrected chi connectivity index (χ3v) is 3.89. The van der Waals surface area contributed by atoms with Gasteiger partial charge >= 0.3 is 0 Å². The summed E-state index contributed by atoms with van der Waals surface area (Å²) in [7, 11) is -4.33. The van der Waals surface area contributed by atoms with Gasteiger partial charge in [0.1, 0.15) is 5.75 Å². The lowest BCUT2D eigenvalue weighted by Gasteiger charge is -2.09. The second kappa shape index (κ2) is 5.68. The summed E-state index contributed by atoms with van der Waals surface area (Å²) in [6.07, 6.45) is 2.11. The van der Waals surface area contributed by atoms with Crippen LogP contribution in [0.4, 0.5) is 5.69 Å². The molecule has 0 saturated carbocycles. The molecule has 0 atom stereocenters. The molecule has 0 aliphatic heterocycles. The average Bonchev–Trinajstić information content (AvgIpc) is 2.37. The van der Waals surface area contributed by atoms with E-state index < -0.39 is 10.1 Å². The van der Waals surface area contributed by atoms with Crippen molar-refractivity contribution in [2.45, 2.75) is 24.7 Å². The molecule has 0 aliphatic carbocycles. The maximum Gasteiger partial charge on any atom is 0.294 e. The Hall–Kier alpha value is -1.79. The van der Waals surface area contributed by atoms with Crippen molar-refractivity contribution >= 4 is 26.6 Å². The maximum absolute atomic E-state index is 11.2. The Morgan fingerprint density at radius 1 is 1.20 bits per heavy atom. The Balaban J connectivity index is 2.44. The summed E-state index contributed by atoms with van der Waals surface area (Å²) in [5.74, 6) is -0.171. The van der Waals surface area contributed by atoms with Crippen LogP contribution >= 0.6 is 0 Å². The van der Waals surface area contributed by atoms with Gasteiger partial charge in [-0.05, 0) is 36.1 Å². The third-order valence-electron chi connectivity index (χ3n) is 3.06. The number of fused-ring (bicyclic) bond motifs is 1. The first-order valence-corrected chi connectivity index (χ1v) is 7.84. The standard InChI is InChI=1S/C14H17NO4S/c1-2-3-6-15-11-4-5-13-10(7-11)8-12(9-14(13)16)20(17,18)19/h4-5,7-9,15-16H,2-3,6H2,1H3,(H,17,18,19). The van der Waals surface area contributed by atoms with E-state index in [1.54, 1.807) is 12.1 Å². The molecule has 0 aliphatic rings. The van der Waals surface area contributed by atoms with E-state index >= 15 is 0 Å². The highest BCUT2D eigenvalue weighted by Crippen LogP contribution is 2.30. The molecule has 0 spiro atoms. The largest absolute Gasteiger partial charge is 0.507 e. The Labute approximate surface area is 118 Å². The van der Waals surface area contributed by atoms with E-state index in [-0.39, 0.29) is 10.6 Å². The first-order valence-electron chi connectivity index (χ1n) is 6.40. The molecule has 0 aromatic heterocycles. The van der Waals surface area contributed by atoms with E-state index in [1.165, 1.54) is 6.07 Å². The molecule has 0 heterocycles. The first kappa shape index (κ1) is 14.6. The zero-order chi connectivity index (χ0) is 14.8. The topological polar surface area (TPSA) is 86.6 Å². The predicted molar refractivity (Wildman–Crippen MR) is 78.8 cm³/mol. The van der Waals surface area contributed by atoms with Gasteiger partial charge in [-0.25, -0.2) is 0 Å². The molecule has 20 heavy (non-hydrogen) atoms. The van der Waals surface area contributed by atoms with Crippen LogP contribution in [0.2, 0.25) is 0 Å². The SMILES string of the molecule is CCCCNc1ccc2c(O)cc(S(=O)(=O)O)cc2c1. The summed E-state index contributed by atoms with van der Waals surface area (Å²) >= 11 is 0. The van der Waals surface area contributed by atoms with Gasteiger partial charge in [-0.15, -0.1) is 0 Å². The fraction of sp³-hybridized carbons (Fsp3) is 0.286. The van der Waals surface area contributed by atoms with Crippen LogP contribution in [0.1, 0.15) is 19.8 Å². The van der Waals surface area contributed by atoms with Gasteiger partial charge in [-0.1, -0.05) is 13.3 Å². The molecule has 0 fully saturated rings. The van der Waals surface area contributed by atoms with Crippen LogP contribution in [0.15, 0.2) is 35.2 Å². The lowest BCUT2D eigenvalue weighted by atomic mass is 10.1. The second-order valence-corrected chi connectivity index (χ2v) is 6.06. The van der Waals surface area contributed by atoms with E-state index in [9.17, 15) is 13.5 Å². The van der Waals surface area contributed by atoms with Gasteiger partial charge in [0.25, 0.3) is 10.1 Å². The molecule has 2 rings (SSSR count). The lowest BCUT2D eigenvalue weighted by Crippen LogP contribution is -2.01. The summed E-state index contributed by atoms with van der Waals surface area (Å²) in [4.78, 5) is -0.312. The van der Waals surface area contributed by atoms with Crippen LogP contribution in [0.25, 0.3) is 10.8 Å². The molecule has 0 amide bonds. The fourth-order valence-corrected chi connectivity index (χ4v) is 2.53. The highest BCUT2D eigenvalue weighted by Gasteiger charge is 2.13. The summed E-state index contributed by atoms with van der Waals surface area (Å²) in [5, 5.41) is 14.1. The molecule has 0 bridgehead atoms. The minimum Gasteiger partial charge on any atom is -0.507 e. The first-order chi connectivity index (χ1) is 9.41. The molecule has 3 N–H and O–H groups in total. The Bertz CT molecular complexity index is 725. The Morgan fingerprint density at radius 3 is 2.60 bits per heavy atom. The minimum atomic E-state index is -4.33. The van der Waals surface area contributed by atoms with Crippen LogP contribution in [0.3, 0.4) is 0 Å². The molecule has 6 heteroatoms. The predicted octanol–water partition coefficient (Wildman–Crippen LogP) is 3.00. The van der Waals surface area contributed by atoms with Gasteiger partial charge in [0.2, 0.25) is 0 Å². The maximum atomic E-state index is 11.2. The van der Waals surface area contributed by atoms with E-state index in [0.29, 0.717) is 10.8 Å². The van der Waals surface area contributed by atoms with E-state index in [0.717, 1.165) is 31.1 Å². The van der Waals surface area contributed by atoms with Crippen molar-refractivity contribution in [3.8, 4) is 5.75 Å². The summed E-state index contributed by atoms with van der Waals surface area (Å²) in [5.41, 5.74) is 0.845. The number of phenolic OH excluding ortho intramolecular Hbond substituents is 1. The number of benzene rings is 2. The zero-order valence-corrected chi connectivity index (χ0v) is 11.9. The molecule has 5 nitrogen and oxygen atoms in total. The highest BCUT2D eigenvalue weighted by atomic mass is 32.2. The van der Waals surface area contributed by atoms with Crippen LogP contribution in [-0.4, -0.2) is 24.6 Å². The lowest BCUT2D eigenvalue weighted by molar-refractivity contribution is 0.471. The molecule has 108 valence electrons. The van der Waals surface area contributed by atoms with Crippen molar-refractivity contribution in [2.75, 3.05) is 11.9 Å². The highest BCUT2D eigenvalue weighted by molar-refractivity contribution is 7.85. The van der Waals surface area contributed by atoms with Crippen molar-refractivity contribution in [1.82, 2.24) is 0 Å².